The summed E-state index contributed by atoms with van der Waals surface area (Å²) in [6.45, 7) is 2.16. The summed E-state index contributed by atoms with van der Waals surface area (Å²) < 4.78 is 5.29. The van der Waals surface area contributed by atoms with Crippen LogP contribution in [0.1, 0.15) is 30.4 Å². The Morgan fingerprint density at radius 2 is 2.14 bits per heavy atom. The fourth-order valence-corrected chi connectivity index (χ4v) is 2.97. The van der Waals surface area contributed by atoms with Gasteiger partial charge in [-0.2, -0.15) is 0 Å². The fourth-order valence-electron chi connectivity index (χ4n) is 2.97. The number of nitrogens with one attached hydrogen (secondary N) is 1. The Hall–Kier alpha value is -1.81. The molecule has 0 radical (unpaired) electrons. The quantitative estimate of drug-likeness (QED) is 0.510. The number of hydrogen-bond donors (Lipinski definition) is 2. The van der Waals surface area contributed by atoms with Crippen LogP contribution in [0.5, 0.6) is 0 Å². The van der Waals surface area contributed by atoms with E-state index in [1.165, 1.54) is 36.0 Å². The second-order valence-corrected chi connectivity index (χ2v) is 5.66. The number of ether oxygens (including phenoxy) is 1. The number of nitrogens with zero attached hydrogens (tertiary/aromatic N) is 1. The Balaban J connectivity index is 1.67. The van der Waals surface area contributed by atoms with Crippen molar-refractivity contribution in [2.24, 2.45) is 10.7 Å². The molecule has 0 aromatic heterocycles. The van der Waals surface area contributed by atoms with Gasteiger partial charge in [-0.05, 0) is 54.9 Å². The molecule has 0 fully saturated rings. The van der Waals surface area contributed by atoms with Crippen LogP contribution in [-0.4, -0.2) is 25.7 Å². The minimum atomic E-state index is 0.501. The van der Waals surface area contributed by atoms with Crippen LogP contribution in [-0.2, 0) is 17.6 Å². The number of aryl methyl sites for hydroxylation is 1. The second-order valence-electron chi connectivity index (χ2n) is 5.66. The van der Waals surface area contributed by atoms with Gasteiger partial charge in [0.1, 0.15) is 0 Å². The summed E-state index contributed by atoms with van der Waals surface area (Å²) in [6, 6.07) is 6.42. The third-order valence-corrected chi connectivity index (χ3v) is 4.17. The standard InChI is InChI=1S/C17H23N3O/c18-17(19-12-13-8-10-21-11-9-13)20-16-7-3-5-14-4-1-2-6-15(14)16/h3,5,7-8H,1-2,4,6,9-12H2,(H3,18,19,20). The number of fused-ring (bicyclic) bond motifs is 1. The maximum absolute atomic E-state index is 6.04. The highest BCUT2D eigenvalue weighted by molar-refractivity contribution is 5.93. The van der Waals surface area contributed by atoms with Crippen molar-refractivity contribution in [2.45, 2.75) is 32.1 Å². The minimum Gasteiger partial charge on any atom is -0.377 e. The van der Waals surface area contributed by atoms with Gasteiger partial charge < -0.3 is 15.8 Å². The molecular weight excluding hydrogens is 262 g/mol. The fraction of sp³-hybridized carbons (Fsp3) is 0.471. The van der Waals surface area contributed by atoms with Crippen LogP contribution in [0.15, 0.2) is 34.8 Å². The van der Waals surface area contributed by atoms with Crippen molar-refractivity contribution in [1.29, 1.82) is 0 Å². The highest BCUT2D eigenvalue weighted by Gasteiger charge is 2.13. The monoisotopic (exact) mass is 285 g/mol. The zero-order valence-electron chi connectivity index (χ0n) is 12.4. The van der Waals surface area contributed by atoms with Crippen LogP contribution in [0.25, 0.3) is 0 Å². The lowest BCUT2D eigenvalue weighted by molar-refractivity contribution is 0.154. The Morgan fingerprint density at radius 1 is 1.24 bits per heavy atom. The van der Waals surface area contributed by atoms with E-state index in [1.54, 1.807) is 0 Å². The summed E-state index contributed by atoms with van der Waals surface area (Å²) in [6.07, 6.45) is 7.91. The first-order valence-electron chi connectivity index (χ1n) is 7.76. The summed E-state index contributed by atoms with van der Waals surface area (Å²) in [5, 5.41) is 3.28. The average Bonchev–Trinajstić information content (AvgIpc) is 2.54. The molecule has 0 saturated carbocycles. The van der Waals surface area contributed by atoms with Gasteiger partial charge in [-0.1, -0.05) is 18.2 Å². The van der Waals surface area contributed by atoms with Crippen LogP contribution in [0.2, 0.25) is 0 Å². The number of anilines is 1. The smallest absolute Gasteiger partial charge is 0.193 e. The molecular formula is C17H23N3O. The average molecular weight is 285 g/mol. The molecule has 0 amide bonds. The van der Waals surface area contributed by atoms with Gasteiger partial charge >= 0.3 is 0 Å². The van der Waals surface area contributed by atoms with Crippen molar-refractivity contribution < 1.29 is 4.74 Å². The largest absolute Gasteiger partial charge is 0.377 e. The molecule has 0 bridgehead atoms. The zero-order chi connectivity index (χ0) is 14.5. The minimum absolute atomic E-state index is 0.501. The molecule has 1 aliphatic carbocycles. The van der Waals surface area contributed by atoms with Gasteiger partial charge in [0.05, 0.1) is 19.8 Å². The topological polar surface area (TPSA) is 59.6 Å². The summed E-state index contributed by atoms with van der Waals surface area (Å²) >= 11 is 0. The highest BCUT2D eigenvalue weighted by Crippen LogP contribution is 2.27. The molecule has 1 aromatic carbocycles. The lowest BCUT2D eigenvalue weighted by Gasteiger charge is -2.20. The molecule has 3 N–H and O–H groups in total. The first kappa shape index (κ1) is 14.1. The predicted molar refractivity (Wildman–Crippen MR) is 86.7 cm³/mol. The molecule has 0 unspecified atom stereocenters. The van der Waals surface area contributed by atoms with Crippen LogP contribution in [0.4, 0.5) is 5.69 Å². The molecule has 4 heteroatoms. The number of guanidine groups is 1. The van der Waals surface area contributed by atoms with Crippen LogP contribution >= 0.6 is 0 Å². The van der Waals surface area contributed by atoms with E-state index in [-0.39, 0.29) is 0 Å². The summed E-state index contributed by atoms with van der Waals surface area (Å²) in [7, 11) is 0. The van der Waals surface area contributed by atoms with E-state index in [0.717, 1.165) is 25.1 Å². The van der Waals surface area contributed by atoms with Crippen LogP contribution in [0.3, 0.4) is 0 Å². The zero-order valence-corrected chi connectivity index (χ0v) is 12.4. The van der Waals surface area contributed by atoms with Gasteiger partial charge in [-0.25, -0.2) is 4.99 Å². The molecule has 112 valence electrons. The van der Waals surface area contributed by atoms with E-state index < -0.39 is 0 Å². The number of benzene rings is 1. The molecule has 21 heavy (non-hydrogen) atoms. The van der Waals surface area contributed by atoms with Crippen molar-refractivity contribution in [3.05, 3.63) is 41.0 Å². The van der Waals surface area contributed by atoms with E-state index >= 15 is 0 Å². The molecule has 0 spiro atoms. The van der Waals surface area contributed by atoms with Crippen molar-refractivity contribution in [1.82, 2.24) is 0 Å². The van der Waals surface area contributed by atoms with Gasteiger partial charge in [-0.3, -0.25) is 0 Å². The van der Waals surface area contributed by atoms with Crippen LogP contribution < -0.4 is 11.1 Å². The lowest BCUT2D eigenvalue weighted by Crippen LogP contribution is -2.24. The highest BCUT2D eigenvalue weighted by atomic mass is 16.5. The van der Waals surface area contributed by atoms with Gasteiger partial charge in [-0.15, -0.1) is 0 Å². The Morgan fingerprint density at radius 3 is 3.00 bits per heavy atom. The maximum atomic E-state index is 6.04. The summed E-state index contributed by atoms with van der Waals surface area (Å²) in [5.41, 5.74) is 11.3. The van der Waals surface area contributed by atoms with Gasteiger partial charge in [0, 0.05) is 5.69 Å². The first-order valence-corrected chi connectivity index (χ1v) is 7.76. The third-order valence-electron chi connectivity index (χ3n) is 4.17. The molecule has 0 saturated heterocycles. The van der Waals surface area contributed by atoms with E-state index in [1.807, 2.05) is 0 Å². The Bertz CT molecular complexity index is 563. The summed E-state index contributed by atoms with van der Waals surface area (Å²) in [4.78, 5) is 4.45. The molecule has 2 aliphatic rings. The Kier molecular flexibility index (Phi) is 4.55. The van der Waals surface area contributed by atoms with E-state index in [4.69, 9.17) is 10.5 Å². The second kappa shape index (κ2) is 6.76. The van der Waals surface area contributed by atoms with E-state index in [9.17, 15) is 0 Å². The molecule has 0 atom stereocenters. The molecule has 3 rings (SSSR count). The van der Waals surface area contributed by atoms with E-state index in [0.29, 0.717) is 19.1 Å². The number of hydrogen-bond acceptors (Lipinski definition) is 2. The Labute approximate surface area is 126 Å². The molecule has 4 nitrogen and oxygen atoms in total. The summed E-state index contributed by atoms with van der Waals surface area (Å²) in [5.74, 6) is 0.501. The number of aliphatic imine (C=N–C) groups is 1. The van der Waals surface area contributed by atoms with E-state index in [2.05, 4.69) is 34.6 Å². The third kappa shape index (κ3) is 3.64. The van der Waals surface area contributed by atoms with Crippen molar-refractivity contribution in [3.8, 4) is 0 Å². The molecule has 1 aliphatic heterocycles. The van der Waals surface area contributed by atoms with Crippen LogP contribution in [0, 0.1) is 0 Å². The van der Waals surface area contributed by atoms with Crippen molar-refractivity contribution in [2.75, 3.05) is 25.1 Å². The van der Waals surface area contributed by atoms with Crippen molar-refractivity contribution >= 4 is 11.6 Å². The lowest BCUT2D eigenvalue weighted by atomic mass is 9.90. The number of nitrogens with two attached hydrogens (primary N) is 1. The maximum Gasteiger partial charge on any atom is 0.193 e. The number of rotatable bonds is 3. The SMILES string of the molecule is NC(=NCC1=CCOCC1)Nc1cccc2c1CCCC2. The first-order chi connectivity index (χ1) is 10.3. The van der Waals surface area contributed by atoms with Gasteiger partial charge in [0.15, 0.2) is 5.96 Å². The predicted octanol–water partition coefficient (Wildman–Crippen LogP) is 2.64. The normalized spacial score (nSPS) is 18.9. The van der Waals surface area contributed by atoms with Gasteiger partial charge in [0.25, 0.3) is 0 Å². The molecule has 1 heterocycles. The molecule has 1 aromatic rings. The van der Waals surface area contributed by atoms with Gasteiger partial charge in [0.2, 0.25) is 0 Å². The van der Waals surface area contributed by atoms with Crippen molar-refractivity contribution in [3.63, 3.8) is 0 Å².